The number of piperidine rings is 1. The number of ether oxygens (including phenoxy) is 1. The summed E-state index contributed by atoms with van der Waals surface area (Å²) >= 11 is 3.71. The summed E-state index contributed by atoms with van der Waals surface area (Å²) in [7, 11) is 0. The van der Waals surface area contributed by atoms with E-state index in [1.165, 1.54) is 0 Å². The quantitative estimate of drug-likeness (QED) is 0.733. The maximum Gasteiger partial charge on any atom is 0.242 e. The first-order valence-corrected chi connectivity index (χ1v) is 10.1. The van der Waals surface area contributed by atoms with Crippen LogP contribution in [0.2, 0.25) is 0 Å². The van der Waals surface area contributed by atoms with Crippen molar-refractivity contribution in [3.8, 4) is 5.75 Å². The Balaban J connectivity index is 1.45. The van der Waals surface area contributed by atoms with E-state index >= 15 is 0 Å². The predicted molar refractivity (Wildman–Crippen MR) is 103 cm³/mol. The Morgan fingerprint density at radius 2 is 1.92 bits per heavy atom. The van der Waals surface area contributed by atoms with E-state index in [0.717, 1.165) is 38.3 Å². The summed E-state index contributed by atoms with van der Waals surface area (Å²) in [5.74, 6) is 2.10. The molecule has 0 spiro atoms. The molecule has 0 saturated carbocycles. The highest BCUT2D eigenvalue weighted by Gasteiger charge is 2.41. The van der Waals surface area contributed by atoms with Crippen molar-refractivity contribution in [2.24, 2.45) is 11.8 Å². The first kappa shape index (κ1) is 18.7. The van der Waals surface area contributed by atoms with Gasteiger partial charge in [0.1, 0.15) is 11.8 Å². The van der Waals surface area contributed by atoms with Gasteiger partial charge in [-0.15, -0.1) is 0 Å². The van der Waals surface area contributed by atoms with Crippen LogP contribution in [0.1, 0.15) is 26.7 Å². The minimum atomic E-state index is -0.190. The number of hydrazine groups is 1. The lowest BCUT2D eigenvalue weighted by molar-refractivity contribution is -0.134. The molecule has 2 saturated heterocycles. The van der Waals surface area contributed by atoms with Crippen LogP contribution in [-0.4, -0.2) is 47.4 Å². The predicted octanol–water partition coefficient (Wildman–Crippen LogP) is 2.57. The van der Waals surface area contributed by atoms with E-state index in [0.29, 0.717) is 11.8 Å². The van der Waals surface area contributed by atoms with Crippen LogP contribution in [0.3, 0.4) is 0 Å². The van der Waals surface area contributed by atoms with Gasteiger partial charge >= 0.3 is 0 Å². The molecule has 2 aliphatic heterocycles. The van der Waals surface area contributed by atoms with E-state index < -0.39 is 0 Å². The molecular weight excluding hydrogens is 382 g/mol. The number of hydrogen-bond acceptors (Lipinski definition) is 4. The lowest BCUT2D eigenvalue weighted by atomic mass is 9.95. The van der Waals surface area contributed by atoms with E-state index in [9.17, 15) is 4.79 Å². The van der Waals surface area contributed by atoms with Gasteiger partial charge in [-0.25, -0.2) is 5.43 Å². The molecule has 2 heterocycles. The number of para-hydroxylation sites is 1. The van der Waals surface area contributed by atoms with Crippen molar-refractivity contribution in [2.75, 3.05) is 19.7 Å². The maximum atomic E-state index is 12.8. The summed E-state index contributed by atoms with van der Waals surface area (Å²) < 4.78 is 5.87. The molecule has 0 bridgehead atoms. The van der Waals surface area contributed by atoms with Gasteiger partial charge in [0.25, 0.3) is 0 Å². The minimum absolute atomic E-state index is 0.124. The molecule has 25 heavy (non-hydrogen) atoms. The number of nitrogens with zero attached hydrogens (tertiary/aromatic N) is 1. The van der Waals surface area contributed by atoms with Crippen LogP contribution in [0, 0.1) is 11.8 Å². The first-order valence-electron chi connectivity index (χ1n) is 9.18. The molecule has 2 N–H and O–H groups in total. The first-order chi connectivity index (χ1) is 12.1. The van der Waals surface area contributed by atoms with Gasteiger partial charge in [-0.3, -0.25) is 10.2 Å². The van der Waals surface area contributed by atoms with Crippen LogP contribution >= 0.6 is 15.9 Å². The lowest BCUT2D eigenvalue weighted by Gasteiger charge is -2.34. The van der Waals surface area contributed by atoms with Crippen LogP contribution in [0.15, 0.2) is 30.3 Å². The van der Waals surface area contributed by atoms with Crippen LogP contribution in [-0.2, 0) is 4.79 Å². The second kappa shape index (κ2) is 8.52. The fraction of sp³-hybridized carbons (Fsp3) is 0.632. The average Bonchev–Trinajstić information content (AvgIpc) is 3.02. The molecule has 0 radical (unpaired) electrons. The average molecular weight is 410 g/mol. The second-order valence-corrected chi connectivity index (χ2v) is 8.43. The van der Waals surface area contributed by atoms with E-state index in [-0.39, 0.29) is 22.8 Å². The number of alkyl halides is 1. The summed E-state index contributed by atoms with van der Waals surface area (Å²) in [6.07, 6.45) is 2.00. The fourth-order valence-corrected chi connectivity index (χ4v) is 4.63. The summed E-state index contributed by atoms with van der Waals surface area (Å²) in [6.45, 7) is 6.68. The fourth-order valence-electron chi connectivity index (χ4n) is 3.53. The number of nitrogens with one attached hydrogen (secondary N) is 2. The van der Waals surface area contributed by atoms with Gasteiger partial charge in [-0.2, -0.15) is 0 Å². The zero-order chi connectivity index (χ0) is 17.8. The van der Waals surface area contributed by atoms with Gasteiger partial charge < -0.3 is 9.64 Å². The largest absolute Gasteiger partial charge is 0.493 e. The summed E-state index contributed by atoms with van der Waals surface area (Å²) in [4.78, 5) is 14.9. The molecule has 138 valence electrons. The molecule has 6 heteroatoms. The van der Waals surface area contributed by atoms with Gasteiger partial charge in [-0.1, -0.05) is 48.0 Å². The number of hydrogen-bond donors (Lipinski definition) is 2. The minimum Gasteiger partial charge on any atom is -0.493 e. The second-order valence-electron chi connectivity index (χ2n) is 7.37. The molecule has 2 fully saturated rings. The molecule has 3 unspecified atom stereocenters. The number of benzene rings is 1. The molecule has 1 amide bonds. The number of rotatable bonds is 5. The van der Waals surface area contributed by atoms with Crippen molar-refractivity contribution in [3.05, 3.63) is 30.3 Å². The Morgan fingerprint density at radius 1 is 1.24 bits per heavy atom. The number of carbonyl (C=O) groups excluding carboxylic acids is 1. The number of amides is 1. The van der Waals surface area contributed by atoms with E-state index in [2.05, 4.69) is 40.6 Å². The molecule has 2 aliphatic rings. The Bertz CT molecular complexity index is 561. The van der Waals surface area contributed by atoms with Gasteiger partial charge in [-0.05, 0) is 36.8 Å². The van der Waals surface area contributed by atoms with E-state index in [1.807, 2.05) is 35.2 Å². The lowest BCUT2D eigenvalue weighted by Crippen LogP contribution is -2.50. The zero-order valence-corrected chi connectivity index (χ0v) is 16.5. The molecular formula is C19H28BrN3O2. The summed E-state index contributed by atoms with van der Waals surface area (Å²) in [5, 5.41) is 0. The molecule has 3 rings (SSSR count). The summed E-state index contributed by atoms with van der Waals surface area (Å²) in [6, 6.07) is 10.0. The van der Waals surface area contributed by atoms with E-state index in [4.69, 9.17) is 4.74 Å². The van der Waals surface area contributed by atoms with Crippen LogP contribution < -0.4 is 15.6 Å². The number of likely N-dealkylation sites (tertiary alicyclic amines) is 1. The van der Waals surface area contributed by atoms with Crippen molar-refractivity contribution in [2.45, 2.75) is 43.6 Å². The summed E-state index contributed by atoms with van der Waals surface area (Å²) in [5.41, 5.74) is 6.44. The van der Waals surface area contributed by atoms with Gasteiger partial charge in [0.2, 0.25) is 5.91 Å². The Hall–Kier alpha value is -1.11. The van der Waals surface area contributed by atoms with Crippen molar-refractivity contribution >= 4 is 21.8 Å². The molecule has 0 aromatic heterocycles. The van der Waals surface area contributed by atoms with E-state index in [1.54, 1.807) is 0 Å². The highest BCUT2D eigenvalue weighted by Crippen LogP contribution is 2.25. The topological polar surface area (TPSA) is 53.6 Å². The highest BCUT2D eigenvalue weighted by molar-refractivity contribution is 9.09. The third kappa shape index (κ3) is 4.54. The smallest absolute Gasteiger partial charge is 0.242 e. The molecule has 1 aromatic carbocycles. The van der Waals surface area contributed by atoms with Crippen molar-refractivity contribution < 1.29 is 9.53 Å². The number of carbonyl (C=O) groups is 1. The molecule has 0 aliphatic carbocycles. The zero-order valence-electron chi connectivity index (χ0n) is 15.0. The van der Waals surface area contributed by atoms with Gasteiger partial charge in [0.15, 0.2) is 0 Å². The third-order valence-electron chi connectivity index (χ3n) is 5.21. The van der Waals surface area contributed by atoms with Crippen LogP contribution in [0.4, 0.5) is 0 Å². The maximum absolute atomic E-state index is 12.8. The van der Waals surface area contributed by atoms with Crippen LogP contribution in [0.25, 0.3) is 0 Å². The van der Waals surface area contributed by atoms with Crippen LogP contribution in [0.5, 0.6) is 5.75 Å². The SMILES string of the molecule is CC(C)C1NNC(C(=O)N2CCC(COc3ccccc3)CC2)C1Br. The molecule has 3 atom stereocenters. The third-order valence-corrected chi connectivity index (χ3v) is 6.30. The standard InChI is InChI=1S/C19H28BrN3O2/c1-13(2)17-16(20)18(22-21-17)19(24)23-10-8-14(9-11-23)12-25-15-6-4-3-5-7-15/h3-7,13-14,16-18,21-22H,8-12H2,1-2H3. The molecule has 1 aromatic rings. The Labute approximate surface area is 158 Å². The van der Waals surface area contributed by atoms with Crippen molar-refractivity contribution in [3.63, 3.8) is 0 Å². The highest BCUT2D eigenvalue weighted by atomic mass is 79.9. The monoisotopic (exact) mass is 409 g/mol. The van der Waals surface area contributed by atoms with Gasteiger partial charge in [0.05, 0.1) is 11.4 Å². The Morgan fingerprint density at radius 3 is 2.52 bits per heavy atom. The number of halogens is 1. The van der Waals surface area contributed by atoms with Crippen molar-refractivity contribution in [1.29, 1.82) is 0 Å². The molecule has 5 nitrogen and oxygen atoms in total. The van der Waals surface area contributed by atoms with Crippen molar-refractivity contribution in [1.82, 2.24) is 15.8 Å². The normalized spacial score (nSPS) is 27.7. The van der Waals surface area contributed by atoms with Gasteiger partial charge in [0, 0.05) is 19.1 Å². The Kier molecular flexibility index (Phi) is 6.36.